The van der Waals surface area contributed by atoms with E-state index in [2.05, 4.69) is 31.4 Å². The molecule has 0 rings (SSSR count). The van der Waals surface area contributed by atoms with Gasteiger partial charge in [-0.2, -0.15) is 0 Å². The van der Waals surface area contributed by atoms with Gasteiger partial charge >= 0.3 is 6.09 Å². The topological polar surface area (TPSA) is 67.4 Å². The first-order valence-electron chi connectivity index (χ1n) is 8.13. The largest absolute Gasteiger partial charge is 0.444 e. The van der Waals surface area contributed by atoms with E-state index in [4.69, 9.17) is 4.74 Å². The van der Waals surface area contributed by atoms with Gasteiger partial charge in [0.05, 0.1) is 0 Å². The van der Waals surface area contributed by atoms with Crippen LogP contribution in [0.2, 0.25) is 0 Å². The van der Waals surface area contributed by atoms with Gasteiger partial charge in [0.1, 0.15) is 11.6 Å². The molecule has 0 aromatic heterocycles. The van der Waals surface area contributed by atoms with Gasteiger partial charge in [0.25, 0.3) is 0 Å². The highest BCUT2D eigenvalue weighted by molar-refractivity contribution is 5.85. The van der Waals surface area contributed by atoms with Crippen LogP contribution in [0.25, 0.3) is 0 Å². The lowest BCUT2D eigenvalue weighted by Crippen LogP contribution is -2.50. The molecule has 0 aromatic rings. The van der Waals surface area contributed by atoms with Gasteiger partial charge in [-0.1, -0.05) is 34.6 Å². The second-order valence-corrected chi connectivity index (χ2v) is 8.06. The zero-order valence-corrected chi connectivity index (χ0v) is 15.5. The minimum Gasteiger partial charge on any atom is -0.444 e. The van der Waals surface area contributed by atoms with E-state index in [1.54, 1.807) is 20.8 Å². The molecule has 0 saturated carbocycles. The molecule has 130 valence electrons. The number of carbonyl (C=O) groups is 2. The summed E-state index contributed by atoms with van der Waals surface area (Å²) < 4.78 is 5.24. The number of hydrogen-bond acceptors (Lipinski definition) is 3. The van der Waals surface area contributed by atoms with Crippen molar-refractivity contribution < 1.29 is 14.3 Å². The number of rotatable bonds is 7. The molecular weight excluding hydrogens is 280 g/mol. The van der Waals surface area contributed by atoms with Crippen molar-refractivity contribution in [3.63, 3.8) is 0 Å². The lowest BCUT2D eigenvalue weighted by molar-refractivity contribution is -0.124. The van der Waals surface area contributed by atoms with Gasteiger partial charge in [-0.15, -0.1) is 0 Å². The van der Waals surface area contributed by atoms with E-state index < -0.39 is 17.7 Å². The molecule has 0 heterocycles. The Balaban J connectivity index is 4.69. The quantitative estimate of drug-likeness (QED) is 0.756. The first-order valence-corrected chi connectivity index (χ1v) is 8.13. The number of ether oxygens (including phenoxy) is 1. The lowest BCUT2D eigenvalue weighted by atomic mass is 9.90. The van der Waals surface area contributed by atoms with Crippen molar-refractivity contribution in [3.8, 4) is 0 Å². The van der Waals surface area contributed by atoms with E-state index in [1.807, 2.05) is 13.8 Å². The number of nitrogens with one attached hydrogen (secondary N) is 2. The molecule has 5 heteroatoms. The fraction of sp³-hybridized carbons (Fsp3) is 0.882. The summed E-state index contributed by atoms with van der Waals surface area (Å²) in [6, 6.07) is -0.567. The molecule has 5 nitrogen and oxygen atoms in total. The monoisotopic (exact) mass is 314 g/mol. The first kappa shape index (κ1) is 20.7. The van der Waals surface area contributed by atoms with E-state index in [-0.39, 0.29) is 11.3 Å². The average Bonchev–Trinajstić information content (AvgIpc) is 2.32. The fourth-order valence-electron chi connectivity index (χ4n) is 1.73. The molecular formula is C17H34N2O3. The Morgan fingerprint density at radius 3 is 2.05 bits per heavy atom. The molecule has 22 heavy (non-hydrogen) atoms. The van der Waals surface area contributed by atoms with E-state index >= 15 is 0 Å². The van der Waals surface area contributed by atoms with Gasteiger partial charge < -0.3 is 15.4 Å². The predicted octanol–water partition coefficient (Wildman–Crippen LogP) is 3.48. The van der Waals surface area contributed by atoms with E-state index in [1.165, 1.54) is 0 Å². The molecule has 0 saturated heterocycles. The van der Waals surface area contributed by atoms with Crippen LogP contribution in [0, 0.1) is 11.3 Å². The Bertz CT molecular complexity index is 371. The van der Waals surface area contributed by atoms with Crippen molar-refractivity contribution in [1.82, 2.24) is 10.6 Å². The highest BCUT2D eigenvalue weighted by Gasteiger charge is 2.26. The van der Waals surface area contributed by atoms with Gasteiger partial charge in [0.2, 0.25) is 5.91 Å². The summed E-state index contributed by atoms with van der Waals surface area (Å²) in [5.74, 6) is 0.144. The van der Waals surface area contributed by atoms with Gasteiger partial charge in [-0.3, -0.25) is 4.79 Å². The van der Waals surface area contributed by atoms with Crippen molar-refractivity contribution in [3.05, 3.63) is 0 Å². The van der Waals surface area contributed by atoms with Crippen LogP contribution in [0.1, 0.15) is 68.2 Å². The maximum absolute atomic E-state index is 12.4. The van der Waals surface area contributed by atoms with Crippen LogP contribution in [0.15, 0.2) is 0 Å². The van der Waals surface area contributed by atoms with Gasteiger partial charge in [0, 0.05) is 6.54 Å². The number of amides is 2. The molecule has 0 aliphatic heterocycles. The molecule has 2 N–H and O–H groups in total. The Morgan fingerprint density at radius 1 is 1.09 bits per heavy atom. The van der Waals surface area contributed by atoms with Gasteiger partial charge in [-0.25, -0.2) is 4.79 Å². The summed E-state index contributed by atoms with van der Waals surface area (Å²) in [5, 5.41) is 5.62. The minimum absolute atomic E-state index is 0.0456. The van der Waals surface area contributed by atoms with Crippen LogP contribution in [0.3, 0.4) is 0 Å². The molecule has 2 amide bonds. The third kappa shape index (κ3) is 9.64. The summed E-state index contributed by atoms with van der Waals surface area (Å²) >= 11 is 0. The standard InChI is InChI=1S/C17H34N2O3/c1-9-17(7,8)11-18-14(20)13(10-12(2)3)19-15(21)22-16(4,5)6/h12-13H,9-11H2,1-8H3,(H,18,20)(H,19,21)/t13-/m0/s1. The van der Waals surface area contributed by atoms with Crippen molar-refractivity contribution in [2.45, 2.75) is 79.9 Å². The van der Waals surface area contributed by atoms with Crippen LogP contribution in [0.4, 0.5) is 4.79 Å². The van der Waals surface area contributed by atoms with Crippen LogP contribution >= 0.6 is 0 Å². The van der Waals surface area contributed by atoms with E-state index in [9.17, 15) is 9.59 Å². The molecule has 0 bridgehead atoms. The van der Waals surface area contributed by atoms with Crippen molar-refractivity contribution in [2.75, 3.05) is 6.54 Å². The van der Waals surface area contributed by atoms with Crippen LogP contribution in [-0.2, 0) is 9.53 Å². The van der Waals surface area contributed by atoms with E-state index in [0.717, 1.165) is 6.42 Å². The van der Waals surface area contributed by atoms with Crippen molar-refractivity contribution in [1.29, 1.82) is 0 Å². The lowest BCUT2D eigenvalue weighted by Gasteiger charge is -2.27. The third-order valence-corrected chi connectivity index (χ3v) is 3.41. The third-order valence-electron chi connectivity index (χ3n) is 3.41. The van der Waals surface area contributed by atoms with E-state index in [0.29, 0.717) is 18.9 Å². The van der Waals surface area contributed by atoms with Crippen molar-refractivity contribution >= 4 is 12.0 Å². The normalized spacial score (nSPS) is 13.7. The highest BCUT2D eigenvalue weighted by atomic mass is 16.6. The Labute approximate surface area is 135 Å². The Morgan fingerprint density at radius 2 is 1.64 bits per heavy atom. The molecule has 0 fully saturated rings. The van der Waals surface area contributed by atoms with Crippen LogP contribution in [0.5, 0.6) is 0 Å². The molecule has 0 aromatic carbocycles. The average molecular weight is 314 g/mol. The summed E-state index contributed by atoms with van der Waals surface area (Å²) in [6.45, 7) is 16.3. The Kier molecular flexibility index (Phi) is 7.91. The summed E-state index contributed by atoms with van der Waals surface area (Å²) in [6.07, 6.45) is 1.00. The van der Waals surface area contributed by atoms with Gasteiger partial charge in [0.15, 0.2) is 0 Å². The second kappa shape index (κ2) is 8.39. The SMILES string of the molecule is CCC(C)(C)CNC(=O)[C@H](CC(C)C)NC(=O)OC(C)(C)C. The predicted molar refractivity (Wildman–Crippen MR) is 89.7 cm³/mol. The molecule has 1 atom stereocenters. The zero-order chi connectivity index (χ0) is 17.6. The second-order valence-electron chi connectivity index (χ2n) is 8.06. The summed E-state index contributed by atoms with van der Waals surface area (Å²) in [5.41, 5.74) is -0.531. The zero-order valence-electron chi connectivity index (χ0n) is 15.5. The maximum atomic E-state index is 12.4. The Hall–Kier alpha value is -1.26. The van der Waals surface area contributed by atoms with Crippen LogP contribution in [-0.4, -0.2) is 30.2 Å². The molecule has 0 radical (unpaired) electrons. The fourth-order valence-corrected chi connectivity index (χ4v) is 1.73. The van der Waals surface area contributed by atoms with Crippen molar-refractivity contribution in [2.24, 2.45) is 11.3 Å². The summed E-state index contributed by atoms with van der Waals surface area (Å²) in [4.78, 5) is 24.3. The molecule has 0 unspecified atom stereocenters. The van der Waals surface area contributed by atoms with Gasteiger partial charge in [-0.05, 0) is 44.9 Å². The molecule has 0 aliphatic rings. The van der Waals surface area contributed by atoms with Crippen LogP contribution < -0.4 is 10.6 Å². The smallest absolute Gasteiger partial charge is 0.408 e. The highest BCUT2D eigenvalue weighted by Crippen LogP contribution is 2.18. The number of hydrogen-bond donors (Lipinski definition) is 2. The number of alkyl carbamates (subject to hydrolysis) is 1. The molecule has 0 spiro atoms. The first-order chi connectivity index (χ1) is 9.86. The molecule has 0 aliphatic carbocycles. The maximum Gasteiger partial charge on any atom is 0.408 e. The number of carbonyl (C=O) groups excluding carboxylic acids is 2. The summed E-state index contributed by atoms with van der Waals surface area (Å²) in [7, 11) is 0. The minimum atomic E-state index is -0.576.